The van der Waals surface area contributed by atoms with Crippen molar-refractivity contribution in [2.45, 2.75) is 6.18 Å². The van der Waals surface area contributed by atoms with Gasteiger partial charge in [-0.3, -0.25) is 0 Å². The highest BCUT2D eigenvalue weighted by Crippen LogP contribution is 2.36. The number of benzene rings is 1. The van der Waals surface area contributed by atoms with Crippen LogP contribution in [0.4, 0.5) is 17.6 Å². The van der Waals surface area contributed by atoms with Crippen LogP contribution in [-0.2, 0) is 6.18 Å². The van der Waals surface area contributed by atoms with Gasteiger partial charge in [0.25, 0.3) is 0 Å². The molecule has 0 amide bonds. The predicted molar refractivity (Wildman–Crippen MR) is 61.2 cm³/mol. The van der Waals surface area contributed by atoms with Crippen molar-refractivity contribution in [2.75, 3.05) is 7.11 Å². The highest BCUT2D eigenvalue weighted by Gasteiger charge is 2.32. The van der Waals surface area contributed by atoms with Crippen LogP contribution >= 0.6 is 0 Å². The lowest BCUT2D eigenvalue weighted by Gasteiger charge is -2.12. The molecule has 0 aliphatic heterocycles. The number of nitrogens with zero attached hydrogens (tertiary/aromatic N) is 1. The molecule has 0 atom stereocenters. The van der Waals surface area contributed by atoms with E-state index in [9.17, 15) is 17.6 Å². The maximum atomic E-state index is 13.7. The minimum Gasteiger partial charge on any atom is -0.481 e. The van der Waals surface area contributed by atoms with Crippen LogP contribution in [0, 0.1) is 5.82 Å². The average molecular weight is 271 g/mol. The van der Waals surface area contributed by atoms with Crippen LogP contribution in [0.5, 0.6) is 5.88 Å². The van der Waals surface area contributed by atoms with Crippen molar-refractivity contribution in [3.8, 4) is 17.0 Å². The first-order valence-electron chi connectivity index (χ1n) is 5.29. The first kappa shape index (κ1) is 13.3. The Hall–Kier alpha value is -2.11. The molecule has 0 bridgehead atoms. The number of ether oxygens (including phenoxy) is 1. The Morgan fingerprint density at radius 2 is 1.79 bits per heavy atom. The zero-order valence-corrected chi connectivity index (χ0v) is 9.83. The first-order chi connectivity index (χ1) is 8.93. The van der Waals surface area contributed by atoms with Gasteiger partial charge in [0.2, 0.25) is 5.88 Å². The van der Waals surface area contributed by atoms with Gasteiger partial charge in [-0.2, -0.15) is 13.2 Å². The normalized spacial score (nSPS) is 11.4. The third-order valence-corrected chi connectivity index (χ3v) is 2.54. The van der Waals surface area contributed by atoms with Gasteiger partial charge in [0.1, 0.15) is 5.82 Å². The van der Waals surface area contributed by atoms with Crippen LogP contribution in [-0.4, -0.2) is 12.1 Å². The summed E-state index contributed by atoms with van der Waals surface area (Å²) in [7, 11) is 1.26. The molecule has 2 rings (SSSR count). The Balaban J connectivity index is 2.64. The smallest absolute Gasteiger partial charge is 0.417 e. The molecule has 6 heteroatoms. The van der Waals surface area contributed by atoms with Crippen molar-refractivity contribution in [2.24, 2.45) is 0 Å². The van der Waals surface area contributed by atoms with Crippen molar-refractivity contribution in [3.05, 3.63) is 47.9 Å². The maximum Gasteiger partial charge on any atom is 0.417 e. The van der Waals surface area contributed by atoms with E-state index in [2.05, 4.69) is 4.98 Å². The van der Waals surface area contributed by atoms with E-state index in [0.717, 1.165) is 12.1 Å². The summed E-state index contributed by atoms with van der Waals surface area (Å²) < 4.78 is 56.5. The number of hydrogen-bond donors (Lipinski definition) is 0. The van der Waals surface area contributed by atoms with Crippen LogP contribution in [0.15, 0.2) is 36.5 Å². The molecule has 0 fully saturated rings. The fourth-order valence-electron chi connectivity index (χ4n) is 1.64. The molecule has 1 heterocycles. The molecule has 0 aliphatic carbocycles. The topological polar surface area (TPSA) is 22.1 Å². The summed E-state index contributed by atoms with van der Waals surface area (Å²) in [6.07, 6.45) is -3.89. The van der Waals surface area contributed by atoms with E-state index < -0.39 is 17.6 Å². The first-order valence-corrected chi connectivity index (χ1v) is 5.29. The van der Waals surface area contributed by atoms with Gasteiger partial charge in [0.15, 0.2) is 0 Å². The van der Waals surface area contributed by atoms with Crippen molar-refractivity contribution in [1.29, 1.82) is 0 Å². The van der Waals surface area contributed by atoms with Crippen LogP contribution in [0.1, 0.15) is 5.56 Å². The zero-order chi connectivity index (χ0) is 14.0. The highest BCUT2D eigenvalue weighted by atomic mass is 19.4. The molecule has 0 radical (unpaired) electrons. The highest BCUT2D eigenvalue weighted by molar-refractivity contribution is 5.69. The summed E-state index contributed by atoms with van der Waals surface area (Å²) in [4.78, 5) is 3.57. The standard InChI is InChI=1S/C13H9F4NO/c1-19-12-10(9-4-2-3-5-11(9)14)6-8(7-18-12)13(15,16)17/h2-7H,1H3. The minimum atomic E-state index is -4.54. The molecule has 1 aromatic carbocycles. The monoisotopic (exact) mass is 271 g/mol. The van der Waals surface area contributed by atoms with E-state index in [1.54, 1.807) is 0 Å². The van der Waals surface area contributed by atoms with Crippen molar-refractivity contribution >= 4 is 0 Å². The average Bonchev–Trinajstić information content (AvgIpc) is 2.37. The fraction of sp³-hybridized carbons (Fsp3) is 0.154. The summed E-state index contributed by atoms with van der Waals surface area (Å²) in [5.74, 6) is -0.694. The number of aromatic nitrogens is 1. The largest absolute Gasteiger partial charge is 0.481 e. The molecular weight excluding hydrogens is 262 g/mol. The number of methoxy groups -OCH3 is 1. The van der Waals surface area contributed by atoms with Gasteiger partial charge in [0, 0.05) is 17.3 Å². The Morgan fingerprint density at radius 3 is 2.37 bits per heavy atom. The summed E-state index contributed by atoms with van der Waals surface area (Å²) in [6.45, 7) is 0. The molecule has 100 valence electrons. The van der Waals surface area contributed by atoms with Gasteiger partial charge in [-0.25, -0.2) is 9.37 Å². The predicted octanol–water partition coefficient (Wildman–Crippen LogP) is 3.92. The van der Waals surface area contributed by atoms with E-state index in [1.807, 2.05) is 0 Å². The van der Waals surface area contributed by atoms with E-state index in [-0.39, 0.29) is 17.0 Å². The van der Waals surface area contributed by atoms with Crippen LogP contribution in [0.25, 0.3) is 11.1 Å². The molecule has 0 saturated carbocycles. The van der Waals surface area contributed by atoms with Gasteiger partial charge in [-0.05, 0) is 12.1 Å². The molecule has 1 aromatic heterocycles. The number of alkyl halides is 3. The Labute approximate surface area is 106 Å². The SMILES string of the molecule is COc1ncc(C(F)(F)F)cc1-c1ccccc1F. The van der Waals surface area contributed by atoms with E-state index in [1.165, 1.54) is 25.3 Å². The van der Waals surface area contributed by atoms with E-state index in [4.69, 9.17) is 4.74 Å². The molecule has 0 unspecified atom stereocenters. The van der Waals surface area contributed by atoms with Crippen LogP contribution in [0.2, 0.25) is 0 Å². The van der Waals surface area contributed by atoms with E-state index in [0.29, 0.717) is 6.20 Å². The van der Waals surface area contributed by atoms with Gasteiger partial charge in [-0.1, -0.05) is 18.2 Å². The third-order valence-electron chi connectivity index (χ3n) is 2.54. The summed E-state index contributed by atoms with van der Waals surface area (Å²) >= 11 is 0. The zero-order valence-electron chi connectivity index (χ0n) is 9.83. The minimum absolute atomic E-state index is 0.0120. The molecule has 0 N–H and O–H groups in total. The maximum absolute atomic E-state index is 13.7. The lowest BCUT2D eigenvalue weighted by atomic mass is 10.0. The van der Waals surface area contributed by atoms with Crippen LogP contribution in [0.3, 0.4) is 0 Å². The molecular formula is C13H9F4NO. The van der Waals surface area contributed by atoms with Crippen molar-refractivity contribution < 1.29 is 22.3 Å². The Bertz CT molecular complexity index is 595. The molecule has 2 nitrogen and oxygen atoms in total. The van der Waals surface area contributed by atoms with Gasteiger partial charge < -0.3 is 4.74 Å². The molecule has 19 heavy (non-hydrogen) atoms. The lowest BCUT2D eigenvalue weighted by molar-refractivity contribution is -0.137. The Morgan fingerprint density at radius 1 is 1.11 bits per heavy atom. The fourth-order valence-corrected chi connectivity index (χ4v) is 1.64. The molecule has 0 aliphatic rings. The van der Waals surface area contributed by atoms with Crippen molar-refractivity contribution in [3.63, 3.8) is 0 Å². The molecule has 0 saturated heterocycles. The lowest BCUT2D eigenvalue weighted by Crippen LogP contribution is -2.07. The number of hydrogen-bond acceptors (Lipinski definition) is 2. The molecule has 0 spiro atoms. The summed E-state index contributed by atoms with van der Waals surface area (Å²) in [6, 6.07) is 6.33. The second-order valence-corrected chi connectivity index (χ2v) is 3.76. The quantitative estimate of drug-likeness (QED) is 0.772. The second kappa shape index (κ2) is 4.87. The Kier molecular flexibility index (Phi) is 3.42. The number of pyridine rings is 1. The van der Waals surface area contributed by atoms with Crippen LogP contribution < -0.4 is 4.74 Å². The number of rotatable bonds is 2. The van der Waals surface area contributed by atoms with Crippen molar-refractivity contribution in [1.82, 2.24) is 4.98 Å². The van der Waals surface area contributed by atoms with Gasteiger partial charge in [0.05, 0.1) is 12.7 Å². The van der Waals surface area contributed by atoms with E-state index >= 15 is 0 Å². The number of halogens is 4. The molecule has 2 aromatic rings. The third kappa shape index (κ3) is 2.67. The second-order valence-electron chi connectivity index (χ2n) is 3.76. The van der Waals surface area contributed by atoms with Gasteiger partial charge in [-0.15, -0.1) is 0 Å². The summed E-state index contributed by atoms with van der Waals surface area (Å²) in [5, 5.41) is 0. The van der Waals surface area contributed by atoms with Gasteiger partial charge >= 0.3 is 6.18 Å². The summed E-state index contributed by atoms with van der Waals surface area (Å²) in [5.41, 5.74) is -0.972.